The first-order valence-electron chi connectivity index (χ1n) is 13.6. The van der Waals surface area contributed by atoms with Crippen molar-refractivity contribution < 1.29 is 27.9 Å². The summed E-state index contributed by atoms with van der Waals surface area (Å²) in [4.78, 5) is 46.2. The lowest BCUT2D eigenvalue weighted by Gasteiger charge is -2.28. The van der Waals surface area contributed by atoms with E-state index in [-0.39, 0.29) is 42.4 Å². The highest BCUT2D eigenvalue weighted by Gasteiger charge is 2.54. The van der Waals surface area contributed by atoms with Gasteiger partial charge < -0.3 is 15.3 Å². The molecule has 2 aliphatic heterocycles. The summed E-state index contributed by atoms with van der Waals surface area (Å²) in [5, 5.41) is 14.2. The van der Waals surface area contributed by atoms with E-state index in [2.05, 4.69) is 10.3 Å². The number of ketones is 1. The lowest BCUT2D eigenvalue weighted by molar-refractivity contribution is -0.138. The minimum absolute atomic E-state index is 0.0178. The molecule has 0 radical (unpaired) electrons. The molecule has 2 aliphatic rings. The lowest BCUT2D eigenvalue weighted by Crippen LogP contribution is -2.53. The SMILES string of the molecule is O=C(NC(Cc1ccc(O)cc1)C(=O)N1CCC2C1C(=O)CN2S(=O)(=O)c1cccnc1)c1cccc2ccccc12. The number of aromatic hydroxyl groups is 1. The fourth-order valence-corrected chi connectivity index (χ4v) is 7.49. The minimum atomic E-state index is -4.01. The predicted molar refractivity (Wildman–Crippen MR) is 154 cm³/mol. The number of nitrogens with zero attached hydrogens (tertiary/aromatic N) is 3. The number of carbonyl (C=O) groups excluding carboxylic acids is 3. The number of fused-ring (bicyclic) bond motifs is 2. The zero-order valence-corrected chi connectivity index (χ0v) is 23.3. The number of sulfonamides is 1. The van der Waals surface area contributed by atoms with E-state index >= 15 is 0 Å². The van der Waals surface area contributed by atoms with Crippen LogP contribution < -0.4 is 5.32 Å². The molecule has 2 fully saturated rings. The second kappa shape index (κ2) is 11.0. The molecule has 0 saturated carbocycles. The number of carbonyl (C=O) groups is 3. The molecule has 3 unspecified atom stereocenters. The fourth-order valence-electron chi connectivity index (χ4n) is 5.90. The first kappa shape index (κ1) is 27.6. The van der Waals surface area contributed by atoms with Crippen molar-refractivity contribution >= 4 is 38.4 Å². The van der Waals surface area contributed by atoms with Crippen molar-refractivity contribution in [2.75, 3.05) is 13.1 Å². The smallest absolute Gasteiger partial charge is 0.252 e. The van der Waals surface area contributed by atoms with Gasteiger partial charge >= 0.3 is 0 Å². The Labute approximate surface area is 242 Å². The first-order chi connectivity index (χ1) is 20.2. The molecule has 6 rings (SSSR count). The van der Waals surface area contributed by atoms with Gasteiger partial charge in [-0.15, -0.1) is 0 Å². The average molecular weight is 585 g/mol. The van der Waals surface area contributed by atoms with Crippen molar-refractivity contribution in [2.45, 2.75) is 35.9 Å². The molecule has 214 valence electrons. The molecule has 3 heterocycles. The summed E-state index contributed by atoms with van der Waals surface area (Å²) in [6.07, 6.45) is 3.09. The molecular weight excluding hydrogens is 556 g/mol. The van der Waals surface area contributed by atoms with Gasteiger partial charge in [0.05, 0.1) is 12.6 Å². The zero-order chi connectivity index (χ0) is 29.4. The molecule has 10 nitrogen and oxygen atoms in total. The average Bonchev–Trinajstić information content (AvgIpc) is 3.59. The topological polar surface area (TPSA) is 137 Å². The number of aromatic nitrogens is 1. The van der Waals surface area contributed by atoms with Crippen LogP contribution in [0.5, 0.6) is 5.75 Å². The van der Waals surface area contributed by atoms with Gasteiger partial charge in [-0.1, -0.05) is 48.5 Å². The van der Waals surface area contributed by atoms with Gasteiger partial charge in [0.15, 0.2) is 5.78 Å². The highest BCUT2D eigenvalue weighted by atomic mass is 32.2. The maximum Gasteiger partial charge on any atom is 0.252 e. The third kappa shape index (κ3) is 5.01. The van der Waals surface area contributed by atoms with E-state index < -0.39 is 40.0 Å². The molecule has 0 bridgehead atoms. The highest BCUT2D eigenvalue weighted by Crippen LogP contribution is 2.34. The van der Waals surface area contributed by atoms with Gasteiger partial charge in [0.2, 0.25) is 15.9 Å². The van der Waals surface area contributed by atoms with Crippen molar-refractivity contribution in [2.24, 2.45) is 0 Å². The quantitative estimate of drug-likeness (QED) is 0.341. The van der Waals surface area contributed by atoms with Crippen LogP contribution in [0.1, 0.15) is 22.3 Å². The van der Waals surface area contributed by atoms with Crippen LogP contribution in [0.3, 0.4) is 0 Å². The normalized spacial score (nSPS) is 19.5. The minimum Gasteiger partial charge on any atom is -0.508 e. The number of nitrogens with one attached hydrogen (secondary N) is 1. The fraction of sp³-hybridized carbons (Fsp3) is 0.226. The highest BCUT2D eigenvalue weighted by molar-refractivity contribution is 7.89. The number of likely N-dealkylation sites (tertiary alicyclic amines) is 1. The standard InChI is InChI=1S/C31H28N4O6S/c36-22-12-10-20(11-13-22)17-26(33-30(38)25-9-3-6-21-5-1-2-8-24(21)25)31(39)34-16-14-27-29(34)28(37)19-35(27)42(40,41)23-7-4-15-32-18-23/h1-13,15,18,26-27,29,36H,14,16-17,19H2,(H,33,38). The number of rotatable bonds is 7. The molecule has 42 heavy (non-hydrogen) atoms. The van der Waals surface area contributed by atoms with Crippen LogP contribution >= 0.6 is 0 Å². The molecular formula is C31H28N4O6S. The molecule has 11 heteroatoms. The number of pyridine rings is 1. The second-order valence-corrected chi connectivity index (χ2v) is 12.4. The van der Waals surface area contributed by atoms with Gasteiger partial charge in [-0.3, -0.25) is 19.4 Å². The third-order valence-electron chi connectivity index (χ3n) is 7.92. The summed E-state index contributed by atoms with van der Waals surface area (Å²) in [7, 11) is -4.01. The van der Waals surface area contributed by atoms with E-state index in [0.717, 1.165) is 15.1 Å². The summed E-state index contributed by atoms with van der Waals surface area (Å²) < 4.78 is 27.9. The van der Waals surface area contributed by atoms with Crippen molar-refractivity contribution in [1.29, 1.82) is 0 Å². The number of amides is 2. The summed E-state index contributed by atoms with van der Waals surface area (Å²) >= 11 is 0. The Hall–Kier alpha value is -4.61. The molecule has 3 atom stereocenters. The zero-order valence-electron chi connectivity index (χ0n) is 22.5. The van der Waals surface area contributed by atoms with E-state index in [0.29, 0.717) is 11.1 Å². The molecule has 1 aromatic heterocycles. The number of phenols is 1. The Kier molecular flexibility index (Phi) is 7.21. The second-order valence-electron chi connectivity index (χ2n) is 10.5. The van der Waals surface area contributed by atoms with Crippen molar-refractivity contribution in [3.05, 3.63) is 102 Å². The summed E-state index contributed by atoms with van der Waals surface area (Å²) in [6, 6.07) is 19.3. The summed E-state index contributed by atoms with van der Waals surface area (Å²) in [5.41, 5.74) is 1.10. The van der Waals surface area contributed by atoms with Crippen LogP contribution in [0.2, 0.25) is 0 Å². The number of Topliss-reactive ketones (excluding diaryl/α,β-unsaturated/α-hetero) is 1. The maximum absolute atomic E-state index is 14.1. The monoisotopic (exact) mass is 584 g/mol. The molecule has 2 saturated heterocycles. The van der Waals surface area contributed by atoms with Gasteiger partial charge in [0.1, 0.15) is 22.7 Å². The van der Waals surface area contributed by atoms with Gasteiger partial charge in [-0.05, 0) is 53.1 Å². The van der Waals surface area contributed by atoms with E-state index in [1.165, 1.54) is 41.6 Å². The molecule has 0 spiro atoms. The van der Waals surface area contributed by atoms with Gasteiger partial charge in [0.25, 0.3) is 5.91 Å². The lowest BCUT2D eigenvalue weighted by atomic mass is 10.0. The Morgan fingerprint density at radius 3 is 2.52 bits per heavy atom. The van der Waals surface area contributed by atoms with Crippen molar-refractivity contribution in [1.82, 2.24) is 19.5 Å². The molecule has 2 N–H and O–H groups in total. The van der Waals surface area contributed by atoms with Crippen LogP contribution in [-0.4, -0.2) is 76.5 Å². The van der Waals surface area contributed by atoms with Crippen LogP contribution in [0.25, 0.3) is 10.8 Å². The Morgan fingerprint density at radius 2 is 1.76 bits per heavy atom. The summed E-state index contributed by atoms with van der Waals surface area (Å²) in [6.45, 7) is -0.184. The number of hydrogen-bond donors (Lipinski definition) is 2. The number of hydrogen-bond acceptors (Lipinski definition) is 7. The predicted octanol–water partition coefficient (Wildman–Crippen LogP) is 2.52. The Bertz CT molecular complexity index is 1770. The molecule has 0 aliphatic carbocycles. The van der Waals surface area contributed by atoms with E-state index in [4.69, 9.17) is 0 Å². The van der Waals surface area contributed by atoms with Gasteiger partial charge in [0, 0.05) is 30.9 Å². The number of benzene rings is 3. The Balaban J connectivity index is 1.29. The first-order valence-corrected chi connectivity index (χ1v) is 15.0. The third-order valence-corrected chi connectivity index (χ3v) is 9.77. The van der Waals surface area contributed by atoms with Crippen LogP contribution in [0.15, 0.2) is 96.2 Å². The van der Waals surface area contributed by atoms with Crippen LogP contribution in [0.4, 0.5) is 0 Å². The van der Waals surface area contributed by atoms with E-state index in [9.17, 15) is 27.9 Å². The van der Waals surface area contributed by atoms with Crippen molar-refractivity contribution in [3.8, 4) is 5.75 Å². The molecule has 3 aromatic carbocycles. The van der Waals surface area contributed by atoms with Gasteiger partial charge in [-0.2, -0.15) is 4.31 Å². The van der Waals surface area contributed by atoms with Gasteiger partial charge in [-0.25, -0.2) is 8.42 Å². The maximum atomic E-state index is 14.1. The van der Waals surface area contributed by atoms with Crippen molar-refractivity contribution in [3.63, 3.8) is 0 Å². The van der Waals surface area contributed by atoms with Crippen LogP contribution in [0, 0.1) is 0 Å². The van der Waals surface area contributed by atoms with E-state index in [1.807, 2.05) is 30.3 Å². The van der Waals surface area contributed by atoms with Crippen LogP contribution in [-0.2, 0) is 26.0 Å². The largest absolute Gasteiger partial charge is 0.508 e. The molecule has 4 aromatic rings. The van der Waals surface area contributed by atoms with E-state index in [1.54, 1.807) is 24.3 Å². The Morgan fingerprint density at radius 1 is 1.00 bits per heavy atom. The summed E-state index contributed by atoms with van der Waals surface area (Å²) in [5.74, 6) is -1.23. The number of phenolic OH excluding ortho intramolecular Hbond substituents is 1. The molecule has 2 amide bonds.